The van der Waals surface area contributed by atoms with Crippen molar-refractivity contribution in [3.63, 3.8) is 0 Å². The molecule has 2 aromatic heterocycles. The number of carboxylic acid groups (broad SMARTS) is 1. The first kappa shape index (κ1) is 14.4. The summed E-state index contributed by atoms with van der Waals surface area (Å²) in [5.74, 6) is -1.28. The summed E-state index contributed by atoms with van der Waals surface area (Å²) in [6.07, 6.45) is 2.46. The van der Waals surface area contributed by atoms with E-state index in [1.807, 2.05) is 0 Å². The molecule has 0 aliphatic heterocycles. The monoisotopic (exact) mass is 304 g/mol. The van der Waals surface area contributed by atoms with Gasteiger partial charge in [-0.25, -0.2) is 23.2 Å². The summed E-state index contributed by atoms with van der Waals surface area (Å²) in [5, 5.41) is 17.7. The minimum Gasteiger partial charge on any atom is -0.477 e. The molecule has 0 aliphatic rings. The molecular formula is C12H8N4O4S. The first-order chi connectivity index (χ1) is 9.94. The van der Waals surface area contributed by atoms with Crippen LogP contribution in [-0.4, -0.2) is 29.5 Å². The molecule has 0 saturated carbocycles. The predicted molar refractivity (Wildman–Crippen MR) is 71.0 cm³/mol. The van der Waals surface area contributed by atoms with Crippen LogP contribution in [0.4, 0.5) is 5.69 Å². The molecule has 0 amide bonds. The Hall–Kier alpha value is -2.99. The van der Waals surface area contributed by atoms with E-state index in [0.29, 0.717) is 0 Å². The number of pyridine rings is 2. The van der Waals surface area contributed by atoms with Crippen molar-refractivity contribution < 1.29 is 18.3 Å². The van der Waals surface area contributed by atoms with Gasteiger partial charge in [0.05, 0.1) is 5.69 Å². The summed E-state index contributed by atoms with van der Waals surface area (Å²) in [6.45, 7) is 0. The maximum Gasteiger partial charge on any atom is 0.354 e. The zero-order valence-corrected chi connectivity index (χ0v) is 11.2. The quantitative estimate of drug-likeness (QED) is 0.855. The van der Waals surface area contributed by atoms with Gasteiger partial charge in [-0.1, -0.05) is 0 Å². The average Bonchev–Trinajstić information content (AvgIpc) is 2.47. The van der Waals surface area contributed by atoms with Gasteiger partial charge in [0.2, 0.25) is 0 Å². The number of nitrogens with zero attached hydrogens (tertiary/aromatic N) is 3. The van der Waals surface area contributed by atoms with E-state index < -0.39 is 16.0 Å². The van der Waals surface area contributed by atoms with Crippen molar-refractivity contribution in [3.05, 3.63) is 48.0 Å². The molecule has 0 spiro atoms. The van der Waals surface area contributed by atoms with Crippen LogP contribution in [0, 0.1) is 11.3 Å². The number of nitrogens with one attached hydrogen (secondary N) is 1. The van der Waals surface area contributed by atoms with E-state index in [-0.39, 0.29) is 22.0 Å². The van der Waals surface area contributed by atoms with Crippen LogP contribution in [0.3, 0.4) is 0 Å². The Morgan fingerprint density at radius 3 is 2.71 bits per heavy atom. The lowest BCUT2D eigenvalue weighted by atomic mass is 10.3. The molecule has 0 radical (unpaired) electrons. The molecule has 106 valence electrons. The van der Waals surface area contributed by atoms with Crippen molar-refractivity contribution in [1.29, 1.82) is 5.26 Å². The number of carbonyl (C=O) groups is 1. The molecule has 0 unspecified atom stereocenters. The highest BCUT2D eigenvalue weighted by Gasteiger charge is 2.20. The minimum absolute atomic E-state index is 0.0233. The van der Waals surface area contributed by atoms with Gasteiger partial charge >= 0.3 is 5.97 Å². The molecule has 0 atom stereocenters. The second kappa shape index (κ2) is 5.56. The summed E-state index contributed by atoms with van der Waals surface area (Å²) < 4.78 is 26.6. The number of aromatic nitrogens is 2. The van der Waals surface area contributed by atoms with E-state index in [0.717, 1.165) is 12.3 Å². The number of hydrogen-bond donors (Lipinski definition) is 2. The van der Waals surface area contributed by atoms with Gasteiger partial charge < -0.3 is 5.11 Å². The van der Waals surface area contributed by atoms with Gasteiger partial charge in [0, 0.05) is 12.4 Å². The lowest BCUT2D eigenvalue weighted by Crippen LogP contribution is -2.15. The molecule has 2 rings (SSSR count). The molecule has 2 aromatic rings. The number of carboxylic acids is 1. The van der Waals surface area contributed by atoms with Crippen LogP contribution in [0.1, 0.15) is 16.2 Å². The highest BCUT2D eigenvalue weighted by molar-refractivity contribution is 7.92. The Labute approximate surface area is 119 Å². The van der Waals surface area contributed by atoms with E-state index in [9.17, 15) is 13.2 Å². The summed E-state index contributed by atoms with van der Waals surface area (Å²) >= 11 is 0. The molecule has 2 heterocycles. The SMILES string of the molecule is N#Cc1ncccc1S(=O)(=O)Nc1ccnc(C(=O)O)c1. The van der Waals surface area contributed by atoms with Crippen LogP contribution >= 0.6 is 0 Å². The van der Waals surface area contributed by atoms with Gasteiger partial charge in [-0.2, -0.15) is 5.26 Å². The predicted octanol–water partition coefficient (Wildman–Crippen LogP) is 0.847. The number of hydrogen-bond acceptors (Lipinski definition) is 6. The van der Waals surface area contributed by atoms with Crippen molar-refractivity contribution in [3.8, 4) is 6.07 Å². The number of sulfonamides is 1. The Bertz CT molecular complexity index is 842. The highest BCUT2D eigenvalue weighted by atomic mass is 32.2. The highest BCUT2D eigenvalue weighted by Crippen LogP contribution is 2.18. The summed E-state index contributed by atoms with van der Waals surface area (Å²) in [7, 11) is -4.05. The van der Waals surface area contributed by atoms with Gasteiger partial charge in [0.1, 0.15) is 16.7 Å². The Morgan fingerprint density at radius 1 is 1.29 bits per heavy atom. The lowest BCUT2D eigenvalue weighted by molar-refractivity contribution is 0.0690. The van der Waals surface area contributed by atoms with Crippen LogP contribution in [0.2, 0.25) is 0 Å². The van der Waals surface area contributed by atoms with Gasteiger partial charge in [-0.15, -0.1) is 0 Å². The second-order valence-corrected chi connectivity index (χ2v) is 5.45. The van der Waals surface area contributed by atoms with Crippen molar-refractivity contribution in [2.45, 2.75) is 4.90 Å². The molecule has 9 heteroatoms. The van der Waals surface area contributed by atoms with Crippen molar-refractivity contribution in [1.82, 2.24) is 9.97 Å². The van der Waals surface area contributed by atoms with Crippen LogP contribution < -0.4 is 4.72 Å². The number of rotatable bonds is 4. The average molecular weight is 304 g/mol. The Balaban J connectivity index is 2.41. The van der Waals surface area contributed by atoms with E-state index in [4.69, 9.17) is 10.4 Å². The van der Waals surface area contributed by atoms with E-state index >= 15 is 0 Å². The lowest BCUT2D eigenvalue weighted by Gasteiger charge is -2.08. The molecule has 2 N–H and O–H groups in total. The molecule has 0 aromatic carbocycles. The molecule has 0 bridgehead atoms. The fourth-order valence-electron chi connectivity index (χ4n) is 1.51. The molecule has 21 heavy (non-hydrogen) atoms. The van der Waals surface area contributed by atoms with Gasteiger partial charge in [-0.3, -0.25) is 4.72 Å². The maximum atomic E-state index is 12.2. The van der Waals surface area contributed by atoms with E-state index in [1.54, 1.807) is 6.07 Å². The number of nitriles is 1. The fourth-order valence-corrected chi connectivity index (χ4v) is 2.67. The smallest absolute Gasteiger partial charge is 0.354 e. The minimum atomic E-state index is -4.05. The second-order valence-electron chi connectivity index (χ2n) is 3.80. The Morgan fingerprint density at radius 2 is 2.05 bits per heavy atom. The van der Waals surface area contributed by atoms with Crippen molar-refractivity contribution >= 4 is 21.7 Å². The van der Waals surface area contributed by atoms with E-state index in [2.05, 4.69) is 14.7 Å². The van der Waals surface area contributed by atoms with Crippen LogP contribution in [0.25, 0.3) is 0 Å². The number of aromatic carboxylic acids is 1. The first-order valence-electron chi connectivity index (χ1n) is 5.51. The van der Waals surface area contributed by atoms with Crippen LogP contribution in [0.5, 0.6) is 0 Å². The van der Waals surface area contributed by atoms with Gasteiger partial charge in [-0.05, 0) is 24.3 Å². The van der Waals surface area contributed by atoms with Gasteiger partial charge in [0.25, 0.3) is 10.0 Å². The van der Waals surface area contributed by atoms with Crippen LogP contribution in [0.15, 0.2) is 41.6 Å². The largest absolute Gasteiger partial charge is 0.477 e. The summed E-state index contributed by atoms with van der Waals surface area (Å²) in [5.41, 5.74) is -0.533. The normalized spacial score (nSPS) is 10.6. The zero-order chi connectivity index (χ0) is 15.5. The van der Waals surface area contributed by atoms with Gasteiger partial charge in [0.15, 0.2) is 5.69 Å². The number of anilines is 1. The third-order valence-corrected chi connectivity index (χ3v) is 3.81. The zero-order valence-electron chi connectivity index (χ0n) is 10.4. The maximum absolute atomic E-state index is 12.2. The molecule has 0 fully saturated rings. The summed E-state index contributed by atoms with van der Waals surface area (Å²) in [4.78, 5) is 17.7. The molecule has 8 nitrogen and oxygen atoms in total. The Kier molecular flexibility index (Phi) is 3.82. The summed E-state index contributed by atoms with van der Waals surface area (Å²) in [6, 6.07) is 6.66. The molecular weight excluding hydrogens is 296 g/mol. The van der Waals surface area contributed by atoms with Crippen LogP contribution in [-0.2, 0) is 10.0 Å². The topological polar surface area (TPSA) is 133 Å². The fraction of sp³-hybridized carbons (Fsp3) is 0. The third-order valence-electron chi connectivity index (χ3n) is 2.40. The first-order valence-corrected chi connectivity index (χ1v) is 6.99. The third kappa shape index (κ3) is 3.13. The van der Waals surface area contributed by atoms with Crippen molar-refractivity contribution in [2.24, 2.45) is 0 Å². The molecule has 0 saturated heterocycles. The standard InChI is InChI=1S/C12H8N4O4S/c13-7-10-11(2-1-4-14-10)21(19,20)16-8-3-5-15-9(6-8)12(17)18/h1-6H,(H,15,16)(H,17,18). The molecule has 0 aliphatic carbocycles. The van der Waals surface area contributed by atoms with E-state index in [1.165, 1.54) is 24.4 Å². The van der Waals surface area contributed by atoms with Crippen molar-refractivity contribution in [2.75, 3.05) is 4.72 Å².